The molecule has 0 aliphatic rings. The molecule has 0 saturated carbocycles. The molecule has 0 saturated heterocycles. The van der Waals surface area contributed by atoms with E-state index < -0.39 is 134 Å². The summed E-state index contributed by atoms with van der Waals surface area (Å²) in [5, 5.41) is 30.3. The Morgan fingerprint density at radius 3 is 1.02 bits per heavy atom. The van der Waals surface area contributed by atoms with Crippen molar-refractivity contribution in [3.05, 3.63) is 0 Å². The zero-order valence-electron chi connectivity index (χ0n) is 31.5. The van der Waals surface area contributed by atoms with E-state index in [0.29, 0.717) is 0 Å². The Morgan fingerprint density at radius 1 is 0.396 bits per heavy atom. The van der Waals surface area contributed by atoms with Crippen LogP contribution in [0.25, 0.3) is 0 Å². The topological polar surface area (TPSA) is 325 Å². The third-order valence-corrected chi connectivity index (χ3v) is 7.42. The lowest BCUT2D eigenvalue weighted by atomic mass is 10.0. The van der Waals surface area contributed by atoms with E-state index >= 15 is 0 Å². The number of hydrogen-bond donors (Lipinski definition) is 11. The number of carbonyl (C=O) groups excluding carboxylic acids is 9. The first-order valence-electron chi connectivity index (χ1n) is 17.1. The number of amides is 9. The van der Waals surface area contributed by atoms with Crippen LogP contribution in [0.5, 0.6) is 0 Å². The normalized spacial score (nSPS) is 13.2. The van der Waals surface area contributed by atoms with Gasteiger partial charge in [0.2, 0.25) is 53.2 Å². The first kappa shape index (κ1) is 47.7. The van der Waals surface area contributed by atoms with Crippen LogP contribution in [0, 0.1) is 23.7 Å². The third-order valence-electron chi connectivity index (χ3n) is 7.42. The predicted octanol–water partition coefficient (Wildman–Crippen LogP) is -4.83. The van der Waals surface area contributed by atoms with E-state index in [1.807, 2.05) is 0 Å². The van der Waals surface area contributed by atoms with Crippen LogP contribution in [0.4, 0.5) is 0 Å². The maximum absolute atomic E-state index is 12.6. The van der Waals surface area contributed by atoms with Crippen LogP contribution in [-0.2, 0) is 47.9 Å². The summed E-state index contributed by atoms with van der Waals surface area (Å²) in [5.74, 6) is -8.83. The highest BCUT2D eigenvalue weighted by Crippen LogP contribution is 2.07. The third kappa shape index (κ3) is 19.7. The molecule has 0 fully saturated rings. The summed E-state index contributed by atoms with van der Waals surface area (Å²) in [7, 11) is 0. The van der Waals surface area contributed by atoms with Gasteiger partial charge in [0.05, 0.1) is 45.3 Å². The predicted molar refractivity (Wildman–Crippen MR) is 189 cm³/mol. The average Bonchev–Trinajstić information content (AvgIpc) is 3.08. The lowest BCUT2D eigenvalue weighted by Gasteiger charge is -2.25. The highest BCUT2D eigenvalue weighted by Gasteiger charge is 2.30. The van der Waals surface area contributed by atoms with Gasteiger partial charge in [0.15, 0.2) is 0 Å². The second-order valence-corrected chi connectivity index (χ2v) is 13.5. The number of hydrogen-bond acceptors (Lipinski definition) is 11. The Balaban J connectivity index is 4.45. The fourth-order valence-electron chi connectivity index (χ4n) is 4.09. The lowest BCUT2D eigenvalue weighted by Crippen LogP contribution is -2.56. The smallest absolute Gasteiger partial charge is 0.326 e. The quantitative estimate of drug-likeness (QED) is 0.0468. The molecule has 12 N–H and O–H groups in total. The van der Waals surface area contributed by atoms with Gasteiger partial charge in [-0.15, -0.1) is 0 Å². The van der Waals surface area contributed by atoms with Crippen molar-refractivity contribution in [1.82, 2.24) is 47.9 Å². The highest BCUT2D eigenvalue weighted by molar-refractivity contribution is 5.95. The summed E-state index contributed by atoms with van der Waals surface area (Å²) in [5.41, 5.74) is 5.82. The molecule has 21 heteroatoms. The van der Waals surface area contributed by atoms with Crippen LogP contribution < -0.4 is 53.6 Å². The largest absolute Gasteiger partial charge is 0.480 e. The molecule has 0 heterocycles. The molecule has 0 radical (unpaired) electrons. The van der Waals surface area contributed by atoms with Crippen LogP contribution in [0.3, 0.4) is 0 Å². The number of carbonyl (C=O) groups is 10. The molecule has 53 heavy (non-hydrogen) atoms. The van der Waals surface area contributed by atoms with Gasteiger partial charge in [-0.25, -0.2) is 4.79 Å². The standard InChI is InChI=1S/C32H56N10O11/c1-15(2)25(33)29(49)41-26(16(3)4)30(50)39-13-23(47)37-11-21(45)35-9-19(43)34-10-20(44)36-12-22(46)38-14-24(48)40-27(17(5)6)31(51)42-28(18(7)8)32(52)53/h15-18,25-28H,9-14,33H2,1-8H3,(H,34,43)(H,35,45)(H,36,44)(H,37,47)(H,38,46)(H,39,50)(H,40,48)(H,41,49)(H,42,51)(H,52,53)/t25-,26-,27-,28-/m0/s1. The van der Waals surface area contributed by atoms with Gasteiger partial charge in [-0.05, 0) is 23.7 Å². The van der Waals surface area contributed by atoms with E-state index in [0.717, 1.165) is 0 Å². The maximum Gasteiger partial charge on any atom is 0.326 e. The van der Waals surface area contributed by atoms with Crippen LogP contribution >= 0.6 is 0 Å². The molecule has 0 aliphatic carbocycles. The van der Waals surface area contributed by atoms with Crippen LogP contribution in [0.2, 0.25) is 0 Å². The van der Waals surface area contributed by atoms with Gasteiger partial charge < -0.3 is 58.7 Å². The van der Waals surface area contributed by atoms with Crippen molar-refractivity contribution in [2.45, 2.75) is 79.6 Å². The Bertz CT molecular complexity index is 1340. The van der Waals surface area contributed by atoms with Gasteiger partial charge in [0.1, 0.15) is 18.1 Å². The SMILES string of the molecule is CC(C)[C@H](N)C(=O)N[C@H](C(=O)NCC(=O)NCC(=O)NCC(=O)NCC(=O)NCC(=O)NCC(=O)N[C@H](C(=O)N[C@H](C(=O)O)C(C)C)C(C)C)C(C)C. The summed E-state index contributed by atoms with van der Waals surface area (Å²) < 4.78 is 0. The maximum atomic E-state index is 12.6. The van der Waals surface area contributed by atoms with Gasteiger partial charge in [-0.1, -0.05) is 55.4 Å². The molecule has 0 bridgehead atoms. The summed E-state index contributed by atoms with van der Waals surface area (Å²) in [6.45, 7) is 10.2. The van der Waals surface area contributed by atoms with Gasteiger partial charge >= 0.3 is 5.97 Å². The molecular formula is C32H56N10O11. The fraction of sp³-hybridized carbons (Fsp3) is 0.688. The molecule has 0 aromatic heterocycles. The summed E-state index contributed by atoms with van der Waals surface area (Å²) in [4.78, 5) is 121. The minimum Gasteiger partial charge on any atom is -0.480 e. The van der Waals surface area contributed by atoms with E-state index in [2.05, 4.69) is 47.9 Å². The number of aliphatic carboxylic acids is 1. The highest BCUT2D eigenvalue weighted by atomic mass is 16.4. The summed E-state index contributed by atoms with van der Waals surface area (Å²) >= 11 is 0. The van der Waals surface area contributed by atoms with E-state index in [9.17, 15) is 53.1 Å². The first-order chi connectivity index (χ1) is 24.6. The summed E-state index contributed by atoms with van der Waals surface area (Å²) in [6.07, 6.45) is 0. The van der Waals surface area contributed by atoms with E-state index in [4.69, 9.17) is 5.73 Å². The van der Waals surface area contributed by atoms with Crippen molar-refractivity contribution >= 4 is 59.1 Å². The molecule has 0 unspecified atom stereocenters. The molecular weight excluding hydrogens is 700 g/mol. The molecule has 0 aromatic rings. The molecule has 9 amide bonds. The van der Waals surface area contributed by atoms with Crippen molar-refractivity contribution in [2.75, 3.05) is 39.3 Å². The molecule has 0 spiro atoms. The van der Waals surface area contributed by atoms with Crippen molar-refractivity contribution in [2.24, 2.45) is 29.4 Å². The monoisotopic (exact) mass is 756 g/mol. The van der Waals surface area contributed by atoms with Crippen LogP contribution in [0.15, 0.2) is 0 Å². The van der Waals surface area contributed by atoms with E-state index in [1.165, 1.54) is 0 Å². The van der Waals surface area contributed by atoms with Gasteiger partial charge in [-0.3, -0.25) is 43.2 Å². The molecule has 4 atom stereocenters. The Morgan fingerprint density at radius 2 is 0.698 bits per heavy atom. The molecule has 0 aliphatic heterocycles. The Hall–Kier alpha value is -5.34. The molecule has 0 rings (SSSR count). The Labute approximate surface area is 308 Å². The van der Waals surface area contributed by atoms with Crippen LogP contribution in [0.1, 0.15) is 55.4 Å². The molecule has 21 nitrogen and oxygen atoms in total. The first-order valence-corrected chi connectivity index (χ1v) is 17.1. The number of nitrogens with one attached hydrogen (secondary N) is 9. The number of carboxylic acids is 1. The number of nitrogens with two attached hydrogens (primary N) is 1. The second kappa shape index (κ2) is 24.0. The lowest BCUT2D eigenvalue weighted by molar-refractivity contribution is -0.143. The zero-order chi connectivity index (χ0) is 41.0. The minimum atomic E-state index is -1.23. The van der Waals surface area contributed by atoms with Crippen molar-refractivity contribution in [3.8, 4) is 0 Å². The van der Waals surface area contributed by atoms with Crippen LogP contribution in [-0.4, -0.2) is 128 Å². The van der Waals surface area contributed by atoms with Gasteiger partial charge in [-0.2, -0.15) is 0 Å². The van der Waals surface area contributed by atoms with Crippen molar-refractivity contribution in [3.63, 3.8) is 0 Å². The molecule has 0 aromatic carbocycles. The number of carboxylic acid groups (broad SMARTS) is 1. The Kier molecular flexibility index (Phi) is 21.6. The van der Waals surface area contributed by atoms with E-state index in [-0.39, 0.29) is 11.8 Å². The van der Waals surface area contributed by atoms with Crippen molar-refractivity contribution < 1.29 is 53.1 Å². The van der Waals surface area contributed by atoms with Gasteiger partial charge in [0, 0.05) is 0 Å². The number of rotatable bonds is 23. The molecule has 300 valence electrons. The van der Waals surface area contributed by atoms with Crippen molar-refractivity contribution in [1.29, 1.82) is 0 Å². The average molecular weight is 757 g/mol. The fourth-order valence-corrected chi connectivity index (χ4v) is 4.09. The van der Waals surface area contributed by atoms with E-state index in [1.54, 1.807) is 55.4 Å². The van der Waals surface area contributed by atoms with Gasteiger partial charge in [0.25, 0.3) is 0 Å². The minimum absolute atomic E-state index is 0.156. The summed E-state index contributed by atoms with van der Waals surface area (Å²) in [6, 6.07) is -4.01. The zero-order valence-corrected chi connectivity index (χ0v) is 31.5. The second-order valence-electron chi connectivity index (χ2n) is 13.5.